The van der Waals surface area contributed by atoms with Crippen molar-refractivity contribution in [2.75, 3.05) is 0 Å². The largest absolute Gasteiger partial charge is 0.743 e. The molecule has 0 fully saturated rings. The molecule has 0 saturated carbocycles. The van der Waals surface area contributed by atoms with Crippen molar-refractivity contribution in [1.29, 1.82) is 0 Å². The molecule has 0 bridgehead atoms. The van der Waals surface area contributed by atoms with Crippen LogP contribution in [-0.4, -0.2) is 24.0 Å². The Labute approximate surface area is 96.3 Å². The summed E-state index contributed by atoms with van der Waals surface area (Å²) in [4.78, 5) is 11.2. The van der Waals surface area contributed by atoms with Gasteiger partial charge in [-0.1, -0.05) is 36.9 Å². The summed E-state index contributed by atoms with van der Waals surface area (Å²) in [6.07, 6.45) is 1.41. The molecule has 92 valence electrons. The monoisotopic (exact) mass is 261 g/mol. The first kappa shape index (κ1) is 13.5. The lowest BCUT2D eigenvalue weighted by atomic mass is 10.1. The van der Waals surface area contributed by atoms with E-state index in [4.69, 9.17) is 0 Å². The maximum absolute atomic E-state index is 12.9. The molecule has 7 heteroatoms. The van der Waals surface area contributed by atoms with Crippen molar-refractivity contribution in [3.05, 3.63) is 42.0 Å². The Morgan fingerprint density at radius 2 is 1.76 bits per heavy atom. The highest BCUT2D eigenvalue weighted by Crippen LogP contribution is 2.25. The zero-order valence-electron chi connectivity index (χ0n) is 8.39. The van der Waals surface area contributed by atoms with Crippen molar-refractivity contribution < 1.29 is 26.5 Å². The SMILES string of the molecule is C=Cc1ccc(C(=O)C(F)(F)S(=O)(=O)[O-])cc1. The number of carbonyl (C=O) groups is 1. The van der Waals surface area contributed by atoms with E-state index in [0.717, 1.165) is 12.1 Å². The number of halogens is 2. The molecule has 0 aliphatic rings. The molecule has 0 radical (unpaired) electrons. The van der Waals surface area contributed by atoms with E-state index in [2.05, 4.69) is 6.58 Å². The van der Waals surface area contributed by atoms with Gasteiger partial charge in [-0.05, 0) is 5.56 Å². The molecule has 0 atom stereocenters. The van der Waals surface area contributed by atoms with Crippen LogP contribution in [0.15, 0.2) is 30.8 Å². The maximum Gasteiger partial charge on any atom is 0.396 e. The van der Waals surface area contributed by atoms with Crippen LogP contribution in [0.4, 0.5) is 8.78 Å². The van der Waals surface area contributed by atoms with Crippen molar-refractivity contribution in [1.82, 2.24) is 0 Å². The van der Waals surface area contributed by atoms with Gasteiger partial charge >= 0.3 is 5.25 Å². The van der Waals surface area contributed by atoms with Crippen LogP contribution < -0.4 is 0 Å². The molecule has 0 amide bonds. The third-order valence-electron chi connectivity index (χ3n) is 1.99. The quantitative estimate of drug-likeness (QED) is 0.610. The van der Waals surface area contributed by atoms with Crippen molar-refractivity contribution in [2.24, 2.45) is 0 Å². The number of alkyl halides is 2. The van der Waals surface area contributed by atoms with Crippen LogP contribution in [0.3, 0.4) is 0 Å². The first-order valence-corrected chi connectivity index (χ1v) is 5.71. The van der Waals surface area contributed by atoms with Crippen molar-refractivity contribution in [2.45, 2.75) is 5.25 Å². The highest BCUT2D eigenvalue weighted by molar-refractivity contribution is 7.87. The topological polar surface area (TPSA) is 74.3 Å². The van der Waals surface area contributed by atoms with Crippen LogP contribution in [0.25, 0.3) is 6.08 Å². The molecule has 0 aliphatic carbocycles. The summed E-state index contributed by atoms with van der Waals surface area (Å²) in [5.41, 5.74) is 0.00914. The Morgan fingerprint density at radius 1 is 1.29 bits per heavy atom. The maximum atomic E-state index is 12.9. The molecule has 0 aliphatic heterocycles. The number of carbonyl (C=O) groups excluding carboxylic acids is 1. The fourth-order valence-electron chi connectivity index (χ4n) is 1.05. The highest BCUT2D eigenvalue weighted by atomic mass is 32.2. The molecule has 4 nitrogen and oxygen atoms in total. The Kier molecular flexibility index (Phi) is 3.44. The van der Waals surface area contributed by atoms with Crippen molar-refractivity contribution in [3.63, 3.8) is 0 Å². The van der Waals surface area contributed by atoms with E-state index < -0.39 is 26.7 Å². The Hall–Kier alpha value is -1.60. The molecule has 0 spiro atoms. The Balaban J connectivity index is 3.17. The molecule has 17 heavy (non-hydrogen) atoms. The van der Waals surface area contributed by atoms with E-state index in [1.54, 1.807) is 0 Å². The van der Waals surface area contributed by atoms with Gasteiger partial charge in [-0.3, -0.25) is 4.79 Å². The predicted molar refractivity (Wildman–Crippen MR) is 55.5 cm³/mol. The third kappa shape index (κ3) is 2.56. The molecule has 1 aromatic rings. The fourth-order valence-corrected chi connectivity index (χ4v) is 1.40. The first-order valence-electron chi connectivity index (χ1n) is 4.30. The van der Waals surface area contributed by atoms with Gasteiger partial charge in [-0.25, -0.2) is 8.42 Å². The molecule has 0 aromatic heterocycles. The second-order valence-electron chi connectivity index (χ2n) is 3.13. The number of hydrogen-bond donors (Lipinski definition) is 0. The second kappa shape index (κ2) is 4.34. The van der Waals surface area contributed by atoms with Crippen molar-refractivity contribution >= 4 is 22.0 Å². The lowest BCUT2D eigenvalue weighted by Gasteiger charge is -2.18. The van der Waals surface area contributed by atoms with Crippen LogP contribution in [-0.2, 0) is 10.1 Å². The van der Waals surface area contributed by atoms with Gasteiger partial charge in [0, 0.05) is 5.56 Å². The molecule has 0 N–H and O–H groups in total. The van der Waals surface area contributed by atoms with Gasteiger partial charge in [0.25, 0.3) is 0 Å². The van der Waals surface area contributed by atoms with Gasteiger partial charge < -0.3 is 4.55 Å². The molecule has 1 aromatic carbocycles. The van der Waals surface area contributed by atoms with Gasteiger partial charge in [0.05, 0.1) is 0 Å². The average molecular weight is 261 g/mol. The number of Topliss-reactive ketones (excluding diaryl/α,β-unsaturated/α-hetero) is 1. The first-order chi connectivity index (χ1) is 7.70. The molecule has 0 saturated heterocycles. The van der Waals surface area contributed by atoms with E-state index in [1.807, 2.05) is 0 Å². The summed E-state index contributed by atoms with van der Waals surface area (Å²) in [6, 6.07) is 4.60. The Morgan fingerprint density at radius 3 is 2.12 bits per heavy atom. The predicted octanol–water partition coefficient (Wildman–Crippen LogP) is 1.65. The normalized spacial score (nSPS) is 12.2. The van der Waals surface area contributed by atoms with E-state index in [0.29, 0.717) is 5.56 Å². The summed E-state index contributed by atoms with van der Waals surface area (Å²) in [5, 5.41) is -4.96. The second-order valence-corrected chi connectivity index (χ2v) is 4.55. The van der Waals surface area contributed by atoms with Gasteiger partial charge in [0.15, 0.2) is 10.1 Å². The van der Waals surface area contributed by atoms with Gasteiger partial charge in [0.1, 0.15) is 0 Å². The van der Waals surface area contributed by atoms with E-state index in [9.17, 15) is 26.5 Å². The van der Waals surface area contributed by atoms with Crippen molar-refractivity contribution in [3.8, 4) is 0 Å². The lowest BCUT2D eigenvalue weighted by molar-refractivity contribution is 0.0488. The number of ketones is 1. The molecular weight excluding hydrogens is 254 g/mol. The van der Waals surface area contributed by atoms with Crippen LogP contribution in [0, 0.1) is 0 Å². The standard InChI is InChI=1S/C10H8F2O4S/c1-2-7-3-5-8(6-4-7)9(13)10(11,12)17(14,15)16/h2-6H,1H2,(H,14,15,16)/p-1. The molecular formula is C10H7F2O4S-. The smallest absolute Gasteiger partial charge is 0.396 e. The molecule has 0 heterocycles. The zero-order valence-corrected chi connectivity index (χ0v) is 9.21. The summed E-state index contributed by atoms with van der Waals surface area (Å²) < 4.78 is 56.6. The highest BCUT2D eigenvalue weighted by Gasteiger charge is 2.46. The molecule has 1 rings (SSSR count). The van der Waals surface area contributed by atoms with E-state index in [1.165, 1.54) is 18.2 Å². The number of rotatable bonds is 4. The summed E-state index contributed by atoms with van der Waals surface area (Å²) in [6.45, 7) is 3.41. The van der Waals surface area contributed by atoms with Gasteiger partial charge in [-0.15, -0.1) is 0 Å². The van der Waals surface area contributed by atoms with Crippen LogP contribution >= 0.6 is 0 Å². The van der Waals surface area contributed by atoms with Crippen LogP contribution in [0.5, 0.6) is 0 Å². The van der Waals surface area contributed by atoms with E-state index >= 15 is 0 Å². The van der Waals surface area contributed by atoms with Crippen LogP contribution in [0.2, 0.25) is 0 Å². The minimum absolute atomic E-state index is 0.556. The third-order valence-corrected chi connectivity index (χ3v) is 2.80. The lowest BCUT2D eigenvalue weighted by Crippen LogP contribution is -2.37. The minimum atomic E-state index is -6.02. The zero-order chi connectivity index (χ0) is 13.3. The fraction of sp³-hybridized carbons (Fsp3) is 0.100. The number of benzene rings is 1. The van der Waals surface area contributed by atoms with Gasteiger partial charge in [0.2, 0.25) is 5.78 Å². The van der Waals surface area contributed by atoms with Gasteiger partial charge in [-0.2, -0.15) is 8.78 Å². The summed E-state index contributed by atoms with van der Waals surface area (Å²) >= 11 is 0. The Bertz CT molecular complexity index is 546. The van der Waals surface area contributed by atoms with Crippen LogP contribution in [0.1, 0.15) is 15.9 Å². The number of hydrogen-bond acceptors (Lipinski definition) is 4. The summed E-state index contributed by atoms with van der Waals surface area (Å²) in [7, 11) is -6.02. The average Bonchev–Trinajstić information content (AvgIpc) is 2.26. The van der Waals surface area contributed by atoms with E-state index in [-0.39, 0.29) is 0 Å². The minimum Gasteiger partial charge on any atom is -0.743 e. The summed E-state index contributed by atoms with van der Waals surface area (Å²) in [5.74, 6) is -2.04. The molecule has 0 unspecified atom stereocenters.